The fourth-order valence-electron chi connectivity index (χ4n) is 3.30. The third kappa shape index (κ3) is 4.68. The molecule has 0 saturated carbocycles. The van der Waals surface area contributed by atoms with E-state index in [0.717, 1.165) is 22.9 Å². The summed E-state index contributed by atoms with van der Waals surface area (Å²) in [5, 5.41) is 27.1. The van der Waals surface area contributed by atoms with Gasteiger partial charge < -0.3 is 4.74 Å². The Kier molecular flexibility index (Phi) is 6.45. The first-order valence-corrected chi connectivity index (χ1v) is 10.9. The number of amides is 1. The van der Waals surface area contributed by atoms with Gasteiger partial charge in [0.1, 0.15) is 11.3 Å². The van der Waals surface area contributed by atoms with Gasteiger partial charge >= 0.3 is 0 Å². The molecule has 4 rings (SSSR count). The van der Waals surface area contributed by atoms with E-state index in [2.05, 4.69) is 10.1 Å². The Hall–Kier alpha value is -4.39. The smallest absolute Gasteiger partial charge is 0.277 e. The molecular weight excluding hydrogens is 464 g/mol. The first kappa shape index (κ1) is 22.8. The Labute approximate surface area is 196 Å². The lowest BCUT2D eigenvalue weighted by Crippen LogP contribution is -2.34. The minimum atomic E-state index is -0.774. The summed E-state index contributed by atoms with van der Waals surface area (Å²) >= 11 is 1.24. The monoisotopic (exact) mass is 482 g/mol. The topological polar surface area (TPSA) is 147 Å². The highest BCUT2D eigenvalue weighted by atomic mass is 32.1. The predicted octanol–water partition coefficient (Wildman–Crippen LogP) is 4.05. The van der Waals surface area contributed by atoms with Gasteiger partial charge in [-0.3, -0.25) is 34.6 Å². The van der Waals surface area contributed by atoms with E-state index in [1.165, 1.54) is 16.2 Å². The fourth-order valence-corrected chi connectivity index (χ4v) is 4.31. The van der Waals surface area contributed by atoms with Crippen LogP contribution in [0.25, 0.3) is 10.2 Å². The van der Waals surface area contributed by atoms with E-state index in [-0.39, 0.29) is 12.1 Å². The Morgan fingerprint density at radius 1 is 1.15 bits per heavy atom. The van der Waals surface area contributed by atoms with Crippen molar-refractivity contribution in [1.82, 2.24) is 14.8 Å². The summed E-state index contributed by atoms with van der Waals surface area (Å²) < 4.78 is 8.04. The second-order valence-corrected chi connectivity index (χ2v) is 8.02. The summed E-state index contributed by atoms with van der Waals surface area (Å²) in [6, 6.07) is 10.0. The largest absolute Gasteiger partial charge is 0.492 e. The maximum Gasteiger partial charge on any atom is 0.277 e. The van der Waals surface area contributed by atoms with Crippen LogP contribution in [0.2, 0.25) is 0 Å². The number of anilines is 1. The number of ether oxygens (including phenoxy) is 1. The molecular formula is C21H18N6O6S. The molecule has 0 fully saturated rings. The molecule has 2 heterocycles. The van der Waals surface area contributed by atoms with Crippen LogP contribution in [0.5, 0.6) is 5.75 Å². The van der Waals surface area contributed by atoms with Crippen LogP contribution in [-0.2, 0) is 6.54 Å². The molecule has 0 atom stereocenters. The number of para-hydroxylation sites is 1. The minimum absolute atomic E-state index is 0.126. The number of non-ortho nitro benzene ring substituents is 2. The number of rotatable bonds is 9. The molecule has 0 unspecified atom stereocenters. The molecule has 13 heteroatoms. The van der Waals surface area contributed by atoms with Gasteiger partial charge in [0, 0.05) is 31.1 Å². The molecule has 34 heavy (non-hydrogen) atoms. The van der Waals surface area contributed by atoms with E-state index in [9.17, 15) is 25.0 Å². The molecule has 174 valence electrons. The van der Waals surface area contributed by atoms with E-state index in [1.807, 2.05) is 19.1 Å². The van der Waals surface area contributed by atoms with Crippen LogP contribution in [0.4, 0.5) is 16.5 Å². The molecule has 0 saturated heterocycles. The zero-order chi connectivity index (χ0) is 24.2. The van der Waals surface area contributed by atoms with Crippen LogP contribution in [-0.4, -0.2) is 43.7 Å². The molecule has 2 aromatic carbocycles. The quantitative estimate of drug-likeness (QED) is 0.256. The van der Waals surface area contributed by atoms with Crippen molar-refractivity contribution in [3.05, 3.63) is 80.7 Å². The maximum absolute atomic E-state index is 13.5. The van der Waals surface area contributed by atoms with Crippen LogP contribution in [0.1, 0.15) is 17.3 Å². The van der Waals surface area contributed by atoms with Crippen LogP contribution < -0.4 is 9.64 Å². The first-order chi connectivity index (χ1) is 16.4. The molecule has 0 N–H and O–H groups in total. The number of fused-ring (bicyclic) bond motifs is 1. The van der Waals surface area contributed by atoms with Gasteiger partial charge in [-0.05, 0) is 25.1 Å². The molecule has 2 aromatic heterocycles. The second-order valence-electron chi connectivity index (χ2n) is 7.01. The third-order valence-electron chi connectivity index (χ3n) is 4.83. The number of benzene rings is 2. The van der Waals surface area contributed by atoms with Crippen LogP contribution >= 0.6 is 11.3 Å². The molecule has 1 amide bonds. The third-order valence-corrected chi connectivity index (χ3v) is 5.87. The van der Waals surface area contributed by atoms with Crippen LogP contribution in [0.3, 0.4) is 0 Å². The highest BCUT2D eigenvalue weighted by Gasteiger charge is 2.26. The van der Waals surface area contributed by atoms with Gasteiger partial charge in [-0.25, -0.2) is 4.98 Å². The van der Waals surface area contributed by atoms with Crippen molar-refractivity contribution in [2.75, 3.05) is 18.1 Å². The van der Waals surface area contributed by atoms with Gasteiger partial charge in [0.15, 0.2) is 5.13 Å². The van der Waals surface area contributed by atoms with Crippen LogP contribution in [0, 0.1) is 20.2 Å². The van der Waals surface area contributed by atoms with Gasteiger partial charge in [0.25, 0.3) is 17.3 Å². The van der Waals surface area contributed by atoms with E-state index in [0.29, 0.717) is 29.5 Å². The number of hydrogen-bond donors (Lipinski definition) is 0. The lowest BCUT2D eigenvalue weighted by molar-refractivity contribution is -0.394. The molecule has 0 radical (unpaired) electrons. The summed E-state index contributed by atoms with van der Waals surface area (Å²) in [4.78, 5) is 40.5. The SMILES string of the molecule is CCOc1cccc2sc(N(CCn3cccn3)C(=O)c3cc([N+](=O)[O-])cc([N+](=O)[O-])c3)nc12. The molecule has 0 aliphatic heterocycles. The highest BCUT2D eigenvalue weighted by Crippen LogP contribution is 2.35. The van der Waals surface area contributed by atoms with Crippen molar-refractivity contribution in [1.29, 1.82) is 0 Å². The average molecular weight is 482 g/mol. The predicted molar refractivity (Wildman–Crippen MR) is 124 cm³/mol. The Balaban J connectivity index is 1.78. The first-order valence-electron chi connectivity index (χ1n) is 10.1. The molecule has 0 aliphatic rings. The molecule has 12 nitrogen and oxygen atoms in total. The second kappa shape index (κ2) is 9.62. The molecule has 0 spiro atoms. The highest BCUT2D eigenvalue weighted by molar-refractivity contribution is 7.22. The van der Waals surface area contributed by atoms with Crippen molar-refractivity contribution < 1.29 is 19.4 Å². The zero-order valence-corrected chi connectivity index (χ0v) is 18.7. The number of nitro benzene ring substituents is 2. The summed E-state index contributed by atoms with van der Waals surface area (Å²) in [5.41, 5.74) is -0.711. The number of aromatic nitrogens is 3. The number of nitrogens with zero attached hydrogens (tertiary/aromatic N) is 6. The van der Waals surface area contributed by atoms with Crippen molar-refractivity contribution in [2.24, 2.45) is 0 Å². The van der Waals surface area contributed by atoms with Crippen molar-refractivity contribution in [2.45, 2.75) is 13.5 Å². The molecule has 0 bridgehead atoms. The summed E-state index contributed by atoms with van der Waals surface area (Å²) in [5.74, 6) is -0.0936. The number of thiazole rings is 1. The van der Waals surface area contributed by atoms with Gasteiger partial charge in [0.05, 0.1) is 39.3 Å². The number of carbonyl (C=O) groups excluding carboxylic acids is 1. The Morgan fingerprint density at radius 2 is 1.88 bits per heavy atom. The normalized spacial score (nSPS) is 10.9. The Morgan fingerprint density at radius 3 is 2.50 bits per heavy atom. The zero-order valence-electron chi connectivity index (χ0n) is 17.9. The minimum Gasteiger partial charge on any atom is -0.492 e. The van der Waals surface area contributed by atoms with E-state index in [1.54, 1.807) is 29.2 Å². The summed E-state index contributed by atoms with van der Waals surface area (Å²) in [7, 11) is 0. The van der Waals surface area contributed by atoms with Gasteiger partial charge in [-0.1, -0.05) is 17.4 Å². The number of carbonyl (C=O) groups is 1. The van der Waals surface area contributed by atoms with E-state index < -0.39 is 27.1 Å². The van der Waals surface area contributed by atoms with E-state index in [4.69, 9.17) is 4.74 Å². The lowest BCUT2D eigenvalue weighted by Gasteiger charge is -2.20. The lowest BCUT2D eigenvalue weighted by atomic mass is 10.1. The van der Waals surface area contributed by atoms with Gasteiger partial charge in [-0.15, -0.1) is 0 Å². The number of hydrogen-bond acceptors (Lipinski definition) is 9. The van der Waals surface area contributed by atoms with E-state index >= 15 is 0 Å². The van der Waals surface area contributed by atoms with Crippen LogP contribution in [0.15, 0.2) is 54.9 Å². The Bertz CT molecular complexity index is 1340. The van der Waals surface area contributed by atoms with Gasteiger partial charge in [0.2, 0.25) is 0 Å². The standard InChI is InChI=1S/C21H18N6O6S/c1-2-33-17-5-3-6-18-19(17)23-21(34-18)25(10-9-24-8-4-7-22-24)20(28)14-11-15(26(29)30)13-16(12-14)27(31)32/h3-8,11-13H,2,9-10H2,1H3. The van der Waals surface area contributed by atoms with Gasteiger partial charge in [-0.2, -0.15) is 5.10 Å². The summed E-state index contributed by atoms with van der Waals surface area (Å²) in [6.45, 7) is 2.72. The van der Waals surface area contributed by atoms with Crippen molar-refractivity contribution in [3.8, 4) is 5.75 Å². The number of nitro groups is 2. The average Bonchev–Trinajstić information content (AvgIpc) is 3.49. The molecule has 4 aromatic rings. The van der Waals surface area contributed by atoms with Crippen molar-refractivity contribution >= 4 is 44.0 Å². The maximum atomic E-state index is 13.5. The van der Waals surface area contributed by atoms with Crippen molar-refractivity contribution in [3.63, 3.8) is 0 Å². The fraction of sp³-hybridized carbons (Fsp3) is 0.190. The summed E-state index contributed by atoms with van der Waals surface area (Å²) in [6.07, 6.45) is 3.33. The molecule has 0 aliphatic carbocycles.